The van der Waals surface area contributed by atoms with Crippen LogP contribution < -0.4 is 10.6 Å². The number of nitriles is 1. The number of aromatic nitrogens is 2. The number of hydrogen-bond acceptors (Lipinski definition) is 6. The third-order valence-corrected chi connectivity index (χ3v) is 5.68. The van der Waals surface area contributed by atoms with Gasteiger partial charge in [-0.2, -0.15) is 0 Å². The number of benzene rings is 1. The fourth-order valence-electron chi connectivity index (χ4n) is 3.66. The number of hydrogen-bond donors (Lipinski definition) is 1. The summed E-state index contributed by atoms with van der Waals surface area (Å²) in [6.45, 7) is 1.62. The third-order valence-electron chi connectivity index (χ3n) is 5.36. The number of fused-ring (bicyclic) bond motifs is 1. The van der Waals surface area contributed by atoms with E-state index in [1.807, 2.05) is 12.1 Å². The zero-order valence-corrected chi connectivity index (χ0v) is 17.2. The normalized spacial score (nSPS) is 14.5. The van der Waals surface area contributed by atoms with Gasteiger partial charge in [-0.15, -0.1) is 0 Å². The first-order chi connectivity index (χ1) is 14.5. The van der Waals surface area contributed by atoms with E-state index >= 15 is 0 Å². The first kappa shape index (κ1) is 20.1. The number of halogens is 2. The molecule has 0 spiro atoms. The van der Waals surface area contributed by atoms with Gasteiger partial charge in [0.05, 0.1) is 10.7 Å². The van der Waals surface area contributed by atoms with Crippen LogP contribution in [-0.2, 0) is 0 Å². The summed E-state index contributed by atoms with van der Waals surface area (Å²) in [4.78, 5) is 15.2. The van der Waals surface area contributed by atoms with Gasteiger partial charge in [0.25, 0.3) is 6.71 Å². The Morgan fingerprint density at radius 2 is 2.03 bits per heavy atom. The summed E-state index contributed by atoms with van der Waals surface area (Å²) < 4.78 is 14.3. The van der Waals surface area contributed by atoms with Gasteiger partial charge >= 0.3 is 0 Å². The molecule has 2 aromatic heterocycles. The van der Waals surface area contributed by atoms with Crippen molar-refractivity contribution in [2.75, 3.05) is 30.8 Å². The van der Waals surface area contributed by atoms with E-state index < -0.39 is 5.82 Å². The molecule has 2 N–H and O–H groups in total. The van der Waals surface area contributed by atoms with Gasteiger partial charge in [0.2, 0.25) is 0 Å². The highest BCUT2D eigenvalue weighted by Crippen LogP contribution is 2.32. The van der Waals surface area contributed by atoms with Crippen LogP contribution in [0.4, 0.5) is 15.9 Å². The lowest BCUT2D eigenvalue weighted by molar-refractivity contribution is 0.633. The molecule has 0 unspecified atom stereocenters. The highest BCUT2D eigenvalue weighted by Gasteiger charge is 2.24. The Bertz CT molecular complexity index is 1180. The van der Waals surface area contributed by atoms with Crippen molar-refractivity contribution in [3.8, 4) is 17.1 Å². The van der Waals surface area contributed by atoms with Crippen LogP contribution in [0.1, 0.15) is 5.56 Å². The quantitative estimate of drug-likeness (QED) is 0.391. The molecule has 9 heteroatoms. The number of anilines is 2. The molecule has 0 bridgehead atoms. The highest BCUT2D eigenvalue weighted by atomic mass is 35.5. The number of nitrogens with two attached hydrogens (primary N) is 1. The second-order valence-electron chi connectivity index (χ2n) is 7.30. The van der Waals surface area contributed by atoms with Crippen LogP contribution in [-0.4, -0.2) is 43.0 Å². The zero-order chi connectivity index (χ0) is 21.3. The van der Waals surface area contributed by atoms with Gasteiger partial charge in [0.1, 0.15) is 11.6 Å². The van der Waals surface area contributed by atoms with Crippen molar-refractivity contribution in [2.24, 2.45) is 4.99 Å². The maximum absolute atomic E-state index is 14.3. The fraction of sp³-hybridized carbons (Fsp3) is 0.238. The molecule has 0 radical (unpaired) electrons. The van der Waals surface area contributed by atoms with E-state index in [1.54, 1.807) is 19.3 Å². The Morgan fingerprint density at radius 1 is 1.27 bits per heavy atom. The SMILES string of the molecule is CN=Cc1cc(-c2cnc3nc(N4CCB(C#N)CC4)cc(Cl)c3c2)cc(F)c1N. The van der Waals surface area contributed by atoms with Crippen molar-refractivity contribution in [1.29, 1.82) is 5.26 Å². The lowest BCUT2D eigenvalue weighted by Crippen LogP contribution is -2.37. The molecule has 1 aliphatic heterocycles. The minimum absolute atomic E-state index is 0.0580. The smallest absolute Gasteiger partial charge is 0.271 e. The van der Waals surface area contributed by atoms with Crippen molar-refractivity contribution in [3.63, 3.8) is 0 Å². The van der Waals surface area contributed by atoms with Crippen molar-refractivity contribution in [2.45, 2.75) is 12.6 Å². The van der Waals surface area contributed by atoms with E-state index in [9.17, 15) is 4.39 Å². The van der Waals surface area contributed by atoms with Gasteiger partial charge in [-0.1, -0.05) is 11.6 Å². The molecular formula is C21H19BClFN6. The molecule has 6 nitrogen and oxygen atoms in total. The Labute approximate surface area is 179 Å². The van der Waals surface area contributed by atoms with Crippen molar-refractivity contribution in [1.82, 2.24) is 9.97 Å². The van der Waals surface area contributed by atoms with Crippen LogP contribution in [0.25, 0.3) is 22.2 Å². The first-order valence-corrected chi connectivity index (χ1v) is 10.0. The minimum atomic E-state index is -0.511. The summed E-state index contributed by atoms with van der Waals surface area (Å²) in [5, 5.41) is 10.3. The maximum atomic E-state index is 14.3. The number of nitrogens with zero attached hydrogens (tertiary/aromatic N) is 5. The van der Waals surface area contributed by atoms with E-state index in [2.05, 4.69) is 25.8 Å². The van der Waals surface area contributed by atoms with Gasteiger partial charge in [0, 0.05) is 61.1 Å². The molecular weight excluding hydrogens is 402 g/mol. The topological polar surface area (TPSA) is 91.2 Å². The van der Waals surface area contributed by atoms with Gasteiger partial charge in [-0.05, 0) is 36.4 Å². The van der Waals surface area contributed by atoms with Crippen LogP contribution in [0.5, 0.6) is 0 Å². The minimum Gasteiger partial charge on any atom is -0.396 e. The number of pyridine rings is 2. The molecule has 1 saturated heterocycles. The molecule has 3 heterocycles. The molecule has 1 aromatic carbocycles. The average Bonchev–Trinajstić information content (AvgIpc) is 2.76. The molecule has 0 aliphatic carbocycles. The van der Waals surface area contributed by atoms with E-state index in [0.29, 0.717) is 32.7 Å². The van der Waals surface area contributed by atoms with E-state index in [-0.39, 0.29) is 12.4 Å². The first-order valence-electron chi connectivity index (χ1n) is 9.62. The monoisotopic (exact) mass is 420 g/mol. The molecule has 4 rings (SSSR count). The maximum Gasteiger partial charge on any atom is 0.271 e. The Kier molecular flexibility index (Phi) is 5.56. The van der Waals surface area contributed by atoms with Gasteiger partial charge in [-0.25, -0.2) is 19.6 Å². The third kappa shape index (κ3) is 3.81. The lowest BCUT2D eigenvalue weighted by Gasteiger charge is -2.29. The van der Waals surface area contributed by atoms with Crippen molar-refractivity contribution < 1.29 is 4.39 Å². The average molecular weight is 421 g/mol. The van der Waals surface area contributed by atoms with E-state index in [0.717, 1.165) is 31.5 Å². The fourth-order valence-corrected chi connectivity index (χ4v) is 3.90. The van der Waals surface area contributed by atoms with Crippen molar-refractivity contribution >= 4 is 47.1 Å². The number of nitrogen functional groups attached to an aromatic ring is 1. The summed E-state index contributed by atoms with van der Waals surface area (Å²) in [6, 6.07) is 6.81. The zero-order valence-electron chi connectivity index (χ0n) is 16.4. The molecule has 3 aromatic rings. The summed E-state index contributed by atoms with van der Waals surface area (Å²) >= 11 is 6.56. The van der Waals surface area contributed by atoms with Crippen LogP contribution in [0.3, 0.4) is 0 Å². The second-order valence-corrected chi connectivity index (χ2v) is 7.70. The van der Waals surface area contributed by atoms with Crippen LogP contribution >= 0.6 is 11.6 Å². The molecule has 1 aliphatic rings. The van der Waals surface area contributed by atoms with Crippen LogP contribution in [0.2, 0.25) is 17.7 Å². The second kappa shape index (κ2) is 8.29. The Morgan fingerprint density at radius 3 is 2.73 bits per heavy atom. The Balaban J connectivity index is 1.71. The van der Waals surface area contributed by atoms with Gasteiger partial charge in [-0.3, -0.25) is 4.99 Å². The van der Waals surface area contributed by atoms with Gasteiger partial charge < -0.3 is 10.6 Å². The largest absolute Gasteiger partial charge is 0.396 e. The molecule has 30 heavy (non-hydrogen) atoms. The Hall–Kier alpha value is -3.18. The van der Waals surface area contributed by atoms with E-state index in [1.165, 1.54) is 12.3 Å². The molecule has 0 amide bonds. The van der Waals surface area contributed by atoms with Crippen molar-refractivity contribution in [3.05, 3.63) is 46.9 Å². The number of aliphatic imine (C=N–C) groups is 1. The summed E-state index contributed by atoms with van der Waals surface area (Å²) in [6.07, 6.45) is 4.79. The highest BCUT2D eigenvalue weighted by molar-refractivity contribution is 6.67. The van der Waals surface area contributed by atoms with Crippen LogP contribution in [0.15, 0.2) is 35.5 Å². The van der Waals surface area contributed by atoms with E-state index in [4.69, 9.17) is 22.6 Å². The molecule has 0 atom stereocenters. The predicted molar refractivity (Wildman–Crippen MR) is 121 cm³/mol. The molecule has 150 valence electrons. The summed E-state index contributed by atoms with van der Waals surface area (Å²) in [5.74, 6) is 2.57. The summed E-state index contributed by atoms with van der Waals surface area (Å²) in [7, 11) is 1.60. The standard InChI is InChI=1S/C21H19BClFN6/c1-27-10-15-6-13(8-18(24)20(15)26)14-7-16-17(23)9-19(29-21(16)28-11-14)30-4-2-22(12-25)3-5-30/h6-11H,2-5,26H2,1H3. The summed E-state index contributed by atoms with van der Waals surface area (Å²) in [5.41, 5.74) is 8.22. The lowest BCUT2D eigenvalue weighted by atomic mass is 9.45. The molecule has 0 saturated carbocycles. The predicted octanol–water partition coefficient (Wildman–Crippen LogP) is 4.10. The number of rotatable bonds is 3. The van der Waals surface area contributed by atoms with Gasteiger partial charge in [0.15, 0.2) is 5.65 Å². The molecule has 1 fully saturated rings. The van der Waals surface area contributed by atoms with Crippen LogP contribution in [0, 0.1) is 17.0 Å².